The number of fused-ring (bicyclic) bond motifs is 2. The van der Waals surface area contributed by atoms with Crippen LogP contribution in [0.3, 0.4) is 0 Å². The van der Waals surface area contributed by atoms with Gasteiger partial charge in [-0.2, -0.15) is 0 Å². The molecule has 1 nitrogen and oxygen atoms in total. The van der Waals surface area contributed by atoms with Crippen molar-refractivity contribution in [3.63, 3.8) is 0 Å². The van der Waals surface area contributed by atoms with Gasteiger partial charge in [0.15, 0.2) is 5.78 Å². The Labute approximate surface area is 162 Å². The Hall–Kier alpha value is -0.230. The normalized spacial score (nSPS) is 18.4. The summed E-state index contributed by atoms with van der Waals surface area (Å²) >= 11 is 10.6. The lowest BCUT2D eigenvalue weighted by molar-refractivity contribution is 0.0949. The molecule has 0 N–H and O–H groups in total. The van der Waals surface area contributed by atoms with E-state index in [1.165, 1.54) is 35.8 Å². The van der Waals surface area contributed by atoms with Crippen molar-refractivity contribution in [2.24, 2.45) is 5.92 Å². The minimum Gasteiger partial charge on any atom is -0.293 e. The van der Waals surface area contributed by atoms with Crippen molar-refractivity contribution in [3.8, 4) is 0 Å². The maximum absolute atomic E-state index is 11.6. The molecule has 0 spiro atoms. The monoisotopic (exact) mass is 472 g/mol. The zero-order valence-electron chi connectivity index (χ0n) is 13.5. The third-order valence-corrected chi connectivity index (χ3v) is 9.18. The Balaban J connectivity index is 0.000000136. The molecule has 0 amide bonds. The first-order chi connectivity index (χ1) is 10.8. The van der Waals surface area contributed by atoms with Crippen molar-refractivity contribution in [2.75, 3.05) is 0 Å². The van der Waals surface area contributed by atoms with Crippen LogP contribution in [0.2, 0.25) is 0 Å². The number of Topliss-reactive ketones (excluding diaryl/α,β-unsaturated/α-hetero) is 1. The second kappa shape index (κ2) is 6.58. The number of ketones is 1. The van der Waals surface area contributed by atoms with E-state index in [-0.39, 0.29) is 5.92 Å². The van der Waals surface area contributed by atoms with Crippen LogP contribution in [0.15, 0.2) is 14.5 Å². The maximum Gasteiger partial charge on any atom is 0.176 e. The number of hydrogen-bond acceptors (Lipinski definition) is 3. The van der Waals surface area contributed by atoms with Crippen molar-refractivity contribution in [1.29, 1.82) is 0 Å². The molecule has 0 saturated heterocycles. The second-order valence-electron chi connectivity index (χ2n) is 6.23. The quantitative estimate of drug-likeness (QED) is 0.403. The van der Waals surface area contributed by atoms with Gasteiger partial charge < -0.3 is 0 Å². The number of carbonyl (C=O) groups is 1. The molecular formula is C18H18Br2OS2. The fourth-order valence-corrected chi connectivity index (χ4v) is 6.69. The summed E-state index contributed by atoms with van der Waals surface area (Å²) in [7, 11) is 0. The Bertz CT molecular complexity index is 827. The van der Waals surface area contributed by atoms with Gasteiger partial charge in [-0.1, -0.05) is 12.5 Å². The van der Waals surface area contributed by atoms with Crippen LogP contribution >= 0.6 is 54.5 Å². The molecule has 0 fully saturated rings. The van der Waals surface area contributed by atoms with Crippen LogP contribution in [0.4, 0.5) is 0 Å². The molecule has 2 aromatic heterocycles. The molecule has 23 heavy (non-hydrogen) atoms. The first-order valence-electron chi connectivity index (χ1n) is 7.56. The number of hydrogen-bond donors (Lipinski definition) is 0. The minimum atomic E-state index is 0.197. The molecule has 2 aromatic rings. The number of halogens is 2. The van der Waals surface area contributed by atoms with E-state index in [4.69, 9.17) is 0 Å². The second-order valence-corrected chi connectivity index (χ2v) is 10.3. The largest absolute Gasteiger partial charge is 0.293 e. The SMILES string of the molecule is CC1=Cc2sc(C)c(Br)c2C1.Cc1sc2c(c1Br)CC(C)C2=O. The number of aryl methyl sites for hydroxylation is 2. The van der Waals surface area contributed by atoms with Crippen molar-refractivity contribution in [1.82, 2.24) is 0 Å². The predicted octanol–water partition coefficient (Wildman–Crippen LogP) is 6.97. The molecule has 0 aliphatic heterocycles. The molecule has 4 rings (SSSR count). The van der Waals surface area contributed by atoms with Crippen molar-refractivity contribution in [2.45, 2.75) is 40.5 Å². The summed E-state index contributed by atoms with van der Waals surface area (Å²) in [6.45, 7) is 8.40. The van der Waals surface area contributed by atoms with Gasteiger partial charge in [0.2, 0.25) is 0 Å². The van der Waals surface area contributed by atoms with Gasteiger partial charge in [-0.25, -0.2) is 0 Å². The Morgan fingerprint density at radius 3 is 2.26 bits per heavy atom. The molecule has 5 heteroatoms. The fourth-order valence-electron chi connectivity index (χ4n) is 3.00. The molecule has 2 heterocycles. The zero-order chi connectivity index (χ0) is 16.9. The Morgan fingerprint density at radius 2 is 1.65 bits per heavy atom. The highest BCUT2D eigenvalue weighted by atomic mass is 79.9. The van der Waals surface area contributed by atoms with Gasteiger partial charge in [0.1, 0.15) is 0 Å². The lowest BCUT2D eigenvalue weighted by Gasteiger charge is -1.97. The third-order valence-electron chi connectivity index (χ3n) is 4.25. The van der Waals surface area contributed by atoms with E-state index in [0.717, 1.165) is 22.2 Å². The van der Waals surface area contributed by atoms with E-state index in [1.807, 2.05) is 25.2 Å². The van der Waals surface area contributed by atoms with Gasteiger partial charge in [-0.05, 0) is 82.7 Å². The van der Waals surface area contributed by atoms with Gasteiger partial charge in [0, 0.05) is 29.5 Å². The van der Waals surface area contributed by atoms with Crippen LogP contribution < -0.4 is 0 Å². The summed E-state index contributed by atoms with van der Waals surface area (Å²) in [5.41, 5.74) is 4.20. The molecule has 1 unspecified atom stereocenters. The van der Waals surface area contributed by atoms with Gasteiger partial charge >= 0.3 is 0 Å². The summed E-state index contributed by atoms with van der Waals surface area (Å²) in [6, 6.07) is 0. The van der Waals surface area contributed by atoms with Crippen LogP contribution in [0, 0.1) is 19.8 Å². The highest BCUT2D eigenvalue weighted by Gasteiger charge is 2.31. The average Bonchev–Trinajstić information content (AvgIpc) is 3.15. The summed E-state index contributed by atoms with van der Waals surface area (Å²) < 4.78 is 2.48. The molecule has 0 saturated carbocycles. The Kier molecular flexibility index (Phi) is 5.03. The first-order valence-corrected chi connectivity index (χ1v) is 10.8. The fraction of sp³-hybridized carbons (Fsp3) is 0.389. The average molecular weight is 474 g/mol. The van der Waals surface area contributed by atoms with E-state index in [1.54, 1.807) is 11.3 Å². The molecule has 0 radical (unpaired) electrons. The van der Waals surface area contributed by atoms with E-state index in [9.17, 15) is 4.79 Å². The molecule has 0 aromatic carbocycles. The number of allylic oxidation sites excluding steroid dienone is 1. The van der Waals surface area contributed by atoms with Crippen LogP contribution in [0.1, 0.15) is 49.3 Å². The van der Waals surface area contributed by atoms with E-state index < -0.39 is 0 Å². The molecule has 2 aliphatic rings. The predicted molar refractivity (Wildman–Crippen MR) is 108 cm³/mol. The van der Waals surface area contributed by atoms with Gasteiger partial charge in [-0.3, -0.25) is 4.79 Å². The highest BCUT2D eigenvalue weighted by Crippen LogP contribution is 2.40. The van der Waals surface area contributed by atoms with E-state index in [2.05, 4.69) is 51.8 Å². The molecule has 0 bridgehead atoms. The lowest BCUT2D eigenvalue weighted by atomic mass is 10.1. The lowest BCUT2D eigenvalue weighted by Crippen LogP contribution is -2.02. The van der Waals surface area contributed by atoms with Crippen molar-refractivity contribution in [3.05, 3.63) is 45.2 Å². The maximum atomic E-state index is 11.6. The molecule has 1 atom stereocenters. The van der Waals surface area contributed by atoms with Crippen LogP contribution in [0.25, 0.3) is 6.08 Å². The standard InChI is InChI=1S/C9H9BrOS.C9H9BrS/c1-4-3-6-7(10)5(2)12-9(6)8(4)11;1-5-3-7-8(4-5)11-6(2)9(7)10/h4H,3H2,1-2H3;4H,3H2,1-2H3. The van der Waals surface area contributed by atoms with E-state index >= 15 is 0 Å². The molecular weight excluding hydrogens is 456 g/mol. The van der Waals surface area contributed by atoms with Gasteiger partial charge in [-0.15, -0.1) is 22.7 Å². The number of carbonyl (C=O) groups excluding carboxylic acids is 1. The van der Waals surface area contributed by atoms with Crippen molar-refractivity contribution < 1.29 is 4.79 Å². The summed E-state index contributed by atoms with van der Waals surface area (Å²) in [6.07, 6.45) is 4.34. The number of rotatable bonds is 0. The number of thiophene rings is 2. The highest BCUT2D eigenvalue weighted by molar-refractivity contribution is 9.11. The summed E-state index contributed by atoms with van der Waals surface area (Å²) in [5, 5.41) is 0. The third kappa shape index (κ3) is 3.17. The van der Waals surface area contributed by atoms with Gasteiger partial charge in [0.05, 0.1) is 4.88 Å². The van der Waals surface area contributed by atoms with Crippen LogP contribution in [0.5, 0.6) is 0 Å². The Morgan fingerprint density at radius 1 is 1.04 bits per heavy atom. The smallest absolute Gasteiger partial charge is 0.176 e. The minimum absolute atomic E-state index is 0.197. The molecule has 2 aliphatic carbocycles. The molecule has 122 valence electrons. The zero-order valence-corrected chi connectivity index (χ0v) is 18.4. The van der Waals surface area contributed by atoms with Crippen LogP contribution in [-0.2, 0) is 12.8 Å². The van der Waals surface area contributed by atoms with Crippen LogP contribution in [-0.4, -0.2) is 5.78 Å². The van der Waals surface area contributed by atoms with Gasteiger partial charge in [0.25, 0.3) is 0 Å². The topological polar surface area (TPSA) is 17.1 Å². The summed E-state index contributed by atoms with van der Waals surface area (Å²) in [4.78, 5) is 16.6. The first kappa shape index (κ1) is 17.6. The van der Waals surface area contributed by atoms with Crippen molar-refractivity contribution >= 4 is 66.4 Å². The van der Waals surface area contributed by atoms with E-state index in [0.29, 0.717) is 5.78 Å². The summed E-state index contributed by atoms with van der Waals surface area (Å²) in [5.74, 6) is 0.520.